The van der Waals surface area contributed by atoms with Crippen molar-refractivity contribution >= 4 is 43.2 Å². The van der Waals surface area contributed by atoms with Gasteiger partial charge >= 0.3 is 4.87 Å². The summed E-state index contributed by atoms with van der Waals surface area (Å²) in [4.78, 5) is 12.5. The fourth-order valence-electron chi connectivity index (χ4n) is 3.23. The number of hydrogen-bond acceptors (Lipinski definition) is 5. The number of hydrogen-bond donors (Lipinski definition) is 1. The largest absolute Gasteiger partial charge is 0.377 e. The smallest absolute Gasteiger partial charge is 0.308 e. The van der Waals surface area contributed by atoms with E-state index in [2.05, 4.69) is 4.72 Å². The lowest BCUT2D eigenvalue weighted by molar-refractivity contribution is 0.114. The van der Waals surface area contributed by atoms with Crippen LogP contribution in [0.3, 0.4) is 0 Å². The van der Waals surface area contributed by atoms with Crippen LogP contribution in [0.4, 0.5) is 0 Å². The molecule has 0 unspecified atom stereocenters. The maximum absolute atomic E-state index is 12.6. The Morgan fingerprint density at radius 2 is 2.00 bits per heavy atom. The topological polar surface area (TPSA) is 77.4 Å². The zero-order chi connectivity index (χ0) is 19.7. The van der Waals surface area contributed by atoms with Gasteiger partial charge in [-0.15, -0.1) is 0 Å². The van der Waals surface area contributed by atoms with Gasteiger partial charge in [0, 0.05) is 18.2 Å². The molecular weight excluding hydrogens is 420 g/mol. The Morgan fingerprint density at radius 1 is 1.21 bits per heavy atom. The lowest BCUT2D eigenvalue weighted by Crippen LogP contribution is -2.31. The fourth-order valence-corrected chi connectivity index (χ4v) is 5.45. The molecule has 0 bridgehead atoms. The Morgan fingerprint density at radius 3 is 2.71 bits per heavy atom. The summed E-state index contributed by atoms with van der Waals surface area (Å²) in [6, 6.07) is 12.1. The Balaban J connectivity index is 1.59. The van der Waals surface area contributed by atoms with Crippen molar-refractivity contribution in [1.29, 1.82) is 0 Å². The summed E-state index contributed by atoms with van der Waals surface area (Å²) >= 11 is 6.95. The van der Waals surface area contributed by atoms with E-state index in [9.17, 15) is 13.2 Å². The van der Waals surface area contributed by atoms with Gasteiger partial charge in [-0.2, -0.15) is 0 Å². The monoisotopic (exact) mass is 438 g/mol. The average Bonchev–Trinajstić information content (AvgIpc) is 3.30. The predicted octanol–water partition coefficient (Wildman–Crippen LogP) is 3.22. The number of nitrogens with zero attached hydrogens (tertiary/aromatic N) is 1. The molecule has 1 atom stereocenters. The van der Waals surface area contributed by atoms with Gasteiger partial charge in [-0.3, -0.25) is 9.36 Å². The predicted molar refractivity (Wildman–Crippen MR) is 111 cm³/mol. The van der Waals surface area contributed by atoms with Gasteiger partial charge in [-0.05, 0) is 48.7 Å². The van der Waals surface area contributed by atoms with Crippen LogP contribution in [-0.2, 0) is 21.3 Å². The zero-order valence-corrected chi connectivity index (χ0v) is 17.3. The highest BCUT2D eigenvalue weighted by Gasteiger charge is 2.21. The minimum absolute atomic E-state index is 0.0741. The van der Waals surface area contributed by atoms with Crippen LogP contribution in [-0.4, -0.2) is 32.2 Å². The Hall–Kier alpha value is -1.71. The number of aromatic nitrogens is 1. The van der Waals surface area contributed by atoms with E-state index in [-0.39, 0.29) is 22.4 Å². The highest BCUT2D eigenvalue weighted by atomic mass is 35.5. The molecule has 6 nitrogen and oxygen atoms in total. The lowest BCUT2D eigenvalue weighted by Gasteiger charge is -2.11. The highest BCUT2D eigenvalue weighted by Crippen LogP contribution is 2.23. The number of benzene rings is 2. The molecule has 1 saturated heterocycles. The summed E-state index contributed by atoms with van der Waals surface area (Å²) in [5, 5.41) is 0.636. The Bertz CT molecular complexity index is 1150. The van der Waals surface area contributed by atoms with Crippen molar-refractivity contribution in [3.05, 3.63) is 62.7 Å². The molecular formula is C19H19ClN2O4S2. The Kier molecular flexibility index (Phi) is 5.57. The molecule has 0 spiro atoms. The summed E-state index contributed by atoms with van der Waals surface area (Å²) in [7, 11) is -3.66. The number of fused-ring (bicyclic) bond motifs is 1. The molecule has 1 aliphatic heterocycles. The normalized spacial score (nSPS) is 17.4. The number of thiazole rings is 1. The standard InChI is InChI=1S/C19H19ClN2O4S2/c20-14-5-3-13(4-6-14)12-22-17-8-7-16(10-18(17)27-19(22)23)28(24,25)21-11-15-2-1-9-26-15/h3-8,10,15,21H,1-2,9,11-12H2/t15-/m0/s1. The van der Waals surface area contributed by atoms with Gasteiger partial charge in [0.1, 0.15) is 0 Å². The van der Waals surface area contributed by atoms with Gasteiger partial charge in [0.15, 0.2) is 0 Å². The van der Waals surface area contributed by atoms with Crippen LogP contribution in [0.1, 0.15) is 18.4 Å². The van der Waals surface area contributed by atoms with Crippen molar-refractivity contribution < 1.29 is 13.2 Å². The van der Waals surface area contributed by atoms with Crippen LogP contribution < -0.4 is 9.60 Å². The Labute approximate surface area is 171 Å². The van der Waals surface area contributed by atoms with E-state index in [1.54, 1.807) is 28.8 Å². The van der Waals surface area contributed by atoms with Gasteiger partial charge in [0.25, 0.3) is 0 Å². The van der Waals surface area contributed by atoms with E-state index < -0.39 is 10.0 Å². The fraction of sp³-hybridized carbons (Fsp3) is 0.316. The van der Waals surface area contributed by atoms with Crippen LogP contribution in [0.2, 0.25) is 5.02 Å². The molecule has 1 aromatic heterocycles. The second kappa shape index (κ2) is 7.96. The molecule has 3 aromatic rings. The molecule has 28 heavy (non-hydrogen) atoms. The first-order chi connectivity index (χ1) is 13.4. The molecule has 4 rings (SSSR count). The van der Waals surface area contributed by atoms with Crippen LogP contribution in [0.25, 0.3) is 10.2 Å². The first kappa shape index (κ1) is 19.6. The second-order valence-corrected chi connectivity index (χ2v) is 9.89. The van der Waals surface area contributed by atoms with Crippen molar-refractivity contribution in [2.24, 2.45) is 0 Å². The minimum atomic E-state index is -3.66. The molecule has 0 saturated carbocycles. The van der Waals surface area contributed by atoms with Gasteiger partial charge in [-0.1, -0.05) is 35.1 Å². The van der Waals surface area contributed by atoms with Crippen molar-refractivity contribution in [3.63, 3.8) is 0 Å². The van der Waals surface area contributed by atoms with Gasteiger partial charge in [0.2, 0.25) is 10.0 Å². The number of rotatable bonds is 6. The lowest BCUT2D eigenvalue weighted by atomic mass is 10.2. The van der Waals surface area contributed by atoms with E-state index in [0.717, 1.165) is 29.7 Å². The summed E-state index contributed by atoms with van der Waals surface area (Å²) in [6.07, 6.45) is 1.74. The van der Waals surface area contributed by atoms with Gasteiger partial charge in [-0.25, -0.2) is 13.1 Å². The minimum Gasteiger partial charge on any atom is -0.377 e. The second-order valence-electron chi connectivity index (χ2n) is 6.70. The number of ether oxygens (including phenoxy) is 1. The zero-order valence-electron chi connectivity index (χ0n) is 14.9. The molecule has 0 radical (unpaired) electrons. The molecule has 148 valence electrons. The van der Waals surface area contributed by atoms with E-state index in [1.807, 2.05) is 12.1 Å². The maximum atomic E-state index is 12.6. The third-order valence-corrected chi connectivity index (χ3v) is 7.34. The molecule has 0 amide bonds. The molecule has 0 aliphatic carbocycles. The highest BCUT2D eigenvalue weighted by molar-refractivity contribution is 7.89. The quantitative estimate of drug-likeness (QED) is 0.641. The van der Waals surface area contributed by atoms with Crippen molar-refractivity contribution in [1.82, 2.24) is 9.29 Å². The molecule has 1 aliphatic rings. The van der Waals surface area contributed by atoms with E-state index >= 15 is 0 Å². The van der Waals surface area contributed by atoms with Gasteiger partial charge < -0.3 is 4.74 Å². The van der Waals surface area contributed by atoms with Crippen LogP contribution in [0.15, 0.2) is 52.2 Å². The van der Waals surface area contributed by atoms with Gasteiger partial charge in [0.05, 0.1) is 27.8 Å². The number of sulfonamides is 1. The molecule has 9 heteroatoms. The third kappa shape index (κ3) is 4.16. The molecule has 2 heterocycles. The molecule has 1 fully saturated rings. The maximum Gasteiger partial charge on any atom is 0.308 e. The third-order valence-electron chi connectivity index (χ3n) is 4.73. The van der Waals surface area contributed by atoms with Crippen molar-refractivity contribution in [2.75, 3.05) is 13.2 Å². The summed E-state index contributed by atoms with van der Waals surface area (Å²) < 4.78 is 35.5. The summed E-state index contributed by atoms with van der Waals surface area (Å²) in [5.74, 6) is 0. The van der Waals surface area contributed by atoms with E-state index in [1.165, 1.54) is 6.07 Å². The molecule has 2 aromatic carbocycles. The van der Waals surface area contributed by atoms with Crippen molar-refractivity contribution in [3.8, 4) is 0 Å². The SMILES string of the molecule is O=c1sc2cc(S(=O)(=O)NC[C@@H]3CCCO3)ccc2n1Cc1ccc(Cl)cc1. The molecule has 1 N–H and O–H groups in total. The first-order valence-corrected chi connectivity index (χ1v) is 11.6. The number of halogens is 1. The van der Waals surface area contributed by atoms with E-state index in [0.29, 0.717) is 28.4 Å². The summed E-state index contributed by atoms with van der Waals surface area (Å²) in [5.41, 5.74) is 1.66. The van der Waals surface area contributed by atoms with Crippen molar-refractivity contribution in [2.45, 2.75) is 30.4 Å². The average molecular weight is 439 g/mol. The number of nitrogens with one attached hydrogen (secondary N) is 1. The first-order valence-electron chi connectivity index (χ1n) is 8.91. The van der Waals surface area contributed by atoms with Crippen LogP contribution in [0, 0.1) is 0 Å². The van der Waals surface area contributed by atoms with Crippen LogP contribution in [0.5, 0.6) is 0 Å². The van der Waals surface area contributed by atoms with E-state index in [4.69, 9.17) is 16.3 Å². The van der Waals surface area contributed by atoms with Crippen LogP contribution >= 0.6 is 22.9 Å². The summed E-state index contributed by atoms with van der Waals surface area (Å²) in [6.45, 7) is 1.33.